The van der Waals surface area contributed by atoms with E-state index in [1.54, 1.807) is 26.4 Å². The first-order valence-electron chi connectivity index (χ1n) is 5.81. The van der Waals surface area contributed by atoms with E-state index in [0.717, 1.165) is 17.1 Å². The minimum Gasteiger partial charge on any atom is -0.493 e. The van der Waals surface area contributed by atoms with Crippen LogP contribution in [0.25, 0.3) is 0 Å². The number of nitrogens with one attached hydrogen (secondary N) is 1. The summed E-state index contributed by atoms with van der Waals surface area (Å²) in [6.07, 6.45) is 0. The van der Waals surface area contributed by atoms with Gasteiger partial charge in [-0.2, -0.15) is 0 Å². The van der Waals surface area contributed by atoms with Crippen molar-refractivity contribution in [1.29, 1.82) is 0 Å². The minimum absolute atomic E-state index is 0.525. The molecule has 1 heterocycles. The van der Waals surface area contributed by atoms with Gasteiger partial charge in [-0.25, -0.2) is 0 Å². The standard InChI is InChI=1S/C13H17N3O3/c1-8-4-9(16-19-8)7-15-11-6-13(18-3)12(17-2)5-10(11)14/h4-6,15H,7,14H2,1-3H3. The monoisotopic (exact) mass is 263 g/mol. The van der Waals surface area contributed by atoms with Crippen molar-refractivity contribution in [3.05, 3.63) is 29.7 Å². The van der Waals surface area contributed by atoms with Crippen LogP contribution in [0.1, 0.15) is 11.5 Å². The maximum atomic E-state index is 5.95. The molecule has 6 nitrogen and oxygen atoms in total. The molecule has 102 valence electrons. The van der Waals surface area contributed by atoms with Crippen LogP contribution in [-0.2, 0) is 6.54 Å². The van der Waals surface area contributed by atoms with Gasteiger partial charge in [0.05, 0.1) is 32.1 Å². The van der Waals surface area contributed by atoms with Gasteiger partial charge in [0.2, 0.25) is 0 Å². The second-order valence-electron chi connectivity index (χ2n) is 4.08. The van der Waals surface area contributed by atoms with Crippen molar-refractivity contribution in [2.45, 2.75) is 13.5 Å². The van der Waals surface area contributed by atoms with Crippen LogP contribution in [0.15, 0.2) is 22.7 Å². The number of hydrogen-bond acceptors (Lipinski definition) is 6. The molecule has 2 rings (SSSR count). The Kier molecular flexibility index (Phi) is 3.79. The highest BCUT2D eigenvalue weighted by Crippen LogP contribution is 2.34. The van der Waals surface area contributed by atoms with Gasteiger partial charge in [0.25, 0.3) is 0 Å². The summed E-state index contributed by atoms with van der Waals surface area (Å²) >= 11 is 0. The van der Waals surface area contributed by atoms with Crippen molar-refractivity contribution in [3.8, 4) is 11.5 Å². The molecule has 0 aliphatic carbocycles. The molecule has 2 aromatic rings. The first-order valence-corrected chi connectivity index (χ1v) is 5.81. The van der Waals surface area contributed by atoms with Gasteiger partial charge in [0, 0.05) is 18.2 Å². The molecule has 0 bridgehead atoms. The quantitative estimate of drug-likeness (QED) is 0.805. The van der Waals surface area contributed by atoms with Gasteiger partial charge in [-0.15, -0.1) is 0 Å². The summed E-state index contributed by atoms with van der Waals surface area (Å²) in [6, 6.07) is 5.38. The number of nitrogens with two attached hydrogens (primary N) is 1. The number of aryl methyl sites for hydroxylation is 1. The molecule has 0 saturated carbocycles. The molecule has 0 saturated heterocycles. The summed E-state index contributed by atoms with van der Waals surface area (Å²) in [7, 11) is 3.15. The Morgan fingerprint density at radius 2 is 1.89 bits per heavy atom. The van der Waals surface area contributed by atoms with E-state index in [1.807, 2.05) is 13.0 Å². The molecule has 0 spiro atoms. The first kappa shape index (κ1) is 13.1. The lowest BCUT2D eigenvalue weighted by Gasteiger charge is -2.13. The number of nitrogen functional groups attached to an aromatic ring is 1. The Morgan fingerprint density at radius 3 is 2.47 bits per heavy atom. The van der Waals surface area contributed by atoms with E-state index in [9.17, 15) is 0 Å². The number of ether oxygens (including phenoxy) is 2. The lowest BCUT2D eigenvalue weighted by molar-refractivity contribution is 0.355. The van der Waals surface area contributed by atoms with Gasteiger partial charge in [0.15, 0.2) is 11.5 Å². The van der Waals surface area contributed by atoms with Crippen LogP contribution in [0.5, 0.6) is 11.5 Å². The number of methoxy groups -OCH3 is 2. The van der Waals surface area contributed by atoms with E-state index in [1.165, 1.54) is 0 Å². The Hall–Kier alpha value is -2.37. The van der Waals surface area contributed by atoms with Crippen LogP contribution in [0, 0.1) is 6.92 Å². The van der Waals surface area contributed by atoms with Gasteiger partial charge in [-0.1, -0.05) is 5.16 Å². The average Bonchev–Trinajstić information content (AvgIpc) is 2.82. The second-order valence-corrected chi connectivity index (χ2v) is 4.08. The zero-order valence-corrected chi connectivity index (χ0v) is 11.2. The Bertz CT molecular complexity index is 566. The second kappa shape index (κ2) is 5.51. The maximum Gasteiger partial charge on any atom is 0.162 e. The third kappa shape index (κ3) is 2.90. The lowest BCUT2D eigenvalue weighted by Crippen LogP contribution is -2.04. The molecule has 1 aromatic heterocycles. The molecule has 19 heavy (non-hydrogen) atoms. The van der Waals surface area contributed by atoms with E-state index in [2.05, 4.69) is 10.5 Å². The van der Waals surface area contributed by atoms with Crippen LogP contribution in [0.4, 0.5) is 11.4 Å². The third-order valence-corrected chi connectivity index (χ3v) is 2.69. The Morgan fingerprint density at radius 1 is 1.21 bits per heavy atom. The summed E-state index contributed by atoms with van der Waals surface area (Å²) < 4.78 is 15.4. The predicted octanol–water partition coefficient (Wildman–Crippen LogP) is 2.19. The number of rotatable bonds is 5. The molecule has 0 aliphatic rings. The molecule has 0 radical (unpaired) electrons. The minimum atomic E-state index is 0.525. The zero-order chi connectivity index (χ0) is 13.8. The summed E-state index contributed by atoms with van der Waals surface area (Å²) in [5.41, 5.74) is 8.10. The van der Waals surface area contributed by atoms with Gasteiger partial charge in [-0.05, 0) is 6.92 Å². The smallest absolute Gasteiger partial charge is 0.162 e. The van der Waals surface area contributed by atoms with Crippen molar-refractivity contribution < 1.29 is 14.0 Å². The normalized spacial score (nSPS) is 10.3. The lowest BCUT2D eigenvalue weighted by atomic mass is 10.2. The number of nitrogens with zero attached hydrogens (tertiary/aromatic N) is 1. The van der Waals surface area contributed by atoms with E-state index in [4.69, 9.17) is 19.7 Å². The van der Waals surface area contributed by atoms with Crippen LogP contribution in [0.3, 0.4) is 0 Å². The summed E-state index contributed by atoms with van der Waals surface area (Å²) in [5, 5.41) is 7.09. The molecule has 3 N–H and O–H groups in total. The van der Waals surface area contributed by atoms with Crippen molar-refractivity contribution in [2.75, 3.05) is 25.3 Å². The Balaban J connectivity index is 2.15. The number of aromatic nitrogens is 1. The fourth-order valence-corrected chi connectivity index (χ4v) is 1.73. The van der Waals surface area contributed by atoms with Crippen LogP contribution in [-0.4, -0.2) is 19.4 Å². The average molecular weight is 263 g/mol. The van der Waals surface area contributed by atoms with Gasteiger partial charge in [-0.3, -0.25) is 0 Å². The Labute approximate surface area is 111 Å². The predicted molar refractivity (Wildman–Crippen MR) is 72.5 cm³/mol. The molecule has 6 heteroatoms. The molecule has 0 atom stereocenters. The maximum absolute atomic E-state index is 5.95. The molecule has 0 unspecified atom stereocenters. The van der Waals surface area contributed by atoms with Crippen LogP contribution >= 0.6 is 0 Å². The topological polar surface area (TPSA) is 82.5 Å². The molecule has 0 amide bonds. The van der Waals surface area contributed by atoms with E-state index < -0.39 is 0 Å². The van der Waals surface area contributed by atoms with E-state index in [0.29, 0.717) is 23.7 Å². The third-order valence-electron chi connectivity index (χ3n) is 2.69. The zero-order valence-electron chi connectivity index (χ0n) is 11.2. The number of hydrogen-bond donors (Lipinski definition) is 2. The van der Waals surface area contributed by atoms with Gasteiger partial charge < -0.3 is 25.0 Å². The highest BCUT2D eigenvalue weighted by molar-refractivity contribution is 5.72. The molecule has 0 fully saturated rings. The molecular weight excluding hydrogens is 246 g/mol. The van der Waals surface area contributed by atoms with Gasteiger partial charge in [0.1, 0.15) is 11.5 Å². The highest BCUT2D eigenvalue weighted by Gasteiger charge is 2.09. The fourth-order valence-electron chi connectivity index (χ4n) is 1.73. The van der Waals surface area contributed by atoms with E-state index >= 15 is 0 Å². The highest BCUT2D eigenvalue weighted by atomic mass is 16.5. The summed E-state index contributed by atoms with van der Waals surface area (Å²) in [5.74, 6) is 2.00. The van der Waals surface area contributed by atoms with Crippen LogP contribution in [0.2, 0.25) is 0 Å². The van der Waals surface area contributed by atoms with Crippen molar-refractivity contribution in [1.82, 2.24) is 5.16 Å². The van der Waals surface area contributed by atoms with Crippen molar-refractivity contribution in [3.63, 3.8) is 0 Å². The van der Waals surface area contributed by atoms with Crippen molar-refractivity contribution >= 4 is 11.4 Å². The van der Waals surface area contributed by atoms with Gasteiger partial charge >= 0.3 is 0 Å². The molecular formula is C13H17N3O3. The summed E-state index contributed by atoms with van der Waals surface area (Å²) in [4.78, 5) is 0. The van der Waals surface area contributed by atoms with Crippen LogP contribution < -0.4 is 20.5 Å². The first-order chi connectivity index (χ1) is 9.13. The van der Waals surface area contributed by atoms with E-state index in [-0.39, 0.29) is 0 Å². The molecule has 0 aliphatic heterocycles. The van der Waals surface area contributed by atoms with Crippen molar-refractivity contribution in [2.24, 2.45) is 0 Å². The number of benzene rings is 1. The summed E-state index contributed by atoms with van der Waals surface area (Å²) in [6.45, 7) is 2.37. The SMILES string of the molecule is COc1cc(N)c(NCc2cc(C)on2)cc1OC. The largest absolute Gasteiger partial charge is 0.493 e. The number of anilines is 2. The molecule has 1 aromatic carbocycles. The fraction of sp³-hybridized carbons (Fsp3) is 0.308.